The van der Waals surface area contributed by atoms with Gasteiger partial charge in [0.1, 0.15) is 5.76 Å². The molecule has 0 bridgehead atoms. The molecule has 1 fully saturated rings. The Labute approximate surface area is 143 Å². The maximum absolute atomic E-state index is 12.2. The van der Waals surface area contributed by atoms with Crippen molar-refractivity contribution in [3.05, 3.63) is 54.0 Å². The number of carbonyl (C=O) groups is 1. The Bertz CT molecular complexity index is 661. The maximum atomic E-state index is 12.2. The van der Waals surface area contributed by atoms with Crippen molar-refractivity contribution in [2.45, 2.75) is 19.9 Å². The summed E-state index contributed by atoms with van der Waals surface area (Å²) in [6, 6.07) is 12.1. The highest BCUT2D eigenvalue weighted by Gasteiger charge is 2.21. The fraction of sp³-hybridized carbons (Fsp3) is 0.421. The zero-order chi connectivity index (χ0) is 16.9. The number of anilines is 1. The van der Waals surface area contributed by atoms with Crippen molar-refractivity contribution >= 4 is 11.6 Å². The van der Waals surface area contributed by atoms with E-state index in [1.54, 1.807) is 6.26 Å². The minimum atomic E-state index is -0.0965. The number of piperazine rings is 1. The van der Waals surface area contributed by atoms with Crippen LogP contribution in [0.1, 0.15) is 24.3 Å². The third kappa shape index (κ3) is 3.97. The molecule has 1 aromatic heterocycles. The smallest absolute Gasteiger partial charge is 0.234 e. The van der Waals surface area contributed by atoms with Crippen molar-refractivity contribution in [2.24, 2.45) is 0 Å². The second-order valence-corrected chi connectivity index (χ2v) is 6.35. The summed E-state index contributed by atoms with van der Waals surface area (Å²) in [6.07, 6.45) is 1.63. The van der Waals surface area contributed by atoms with Gasteiger partial charge < -0.3 is 14.6 Å². The fourth-order valence-corrected chi connectivity index (χ4v) is 3.16. The van der Waals surface area contributed by atoms with Crippen molar-refractivity contribution in [2.75, 3.05) is 37.6 Å². The predicted octanol–water partition coefficient (Wildman–Crippen LogP) is 2.59. The van der Waals surface area contributed by atoms with Gasteiger partial charge >= 0.3 is 0 Å². The van der Waals surface area contributed by atoms with Gasteiger partial charge in [0.2, 0.25) is 5.91 Å². The van der Waals surface area contributed by atoms with Crippen molar-refractivity contribution in [1.29, 1.82) is 0 Å². The van der Waals surface area contributed by atoms with Crippen LogP contribution in [0.4, 0.5) is 5.69 Å². The average molecular weight is 327 g/mol. The molecule has 1 aliphatic rings. The summed E-state index contributed by atoms with van der Waals surface area (Å²) in [7, 11) is 0. The third-order valence-electron chi connectivity index (χ3n) is 4.54. The monoisotopic (exact) mass is 327 g/mol. The molecule has 1 aromatic carbocycles. The molecule has 0 radical (unpaired) electrons. The lowest BCUT2D eigenvalue weighted by atomic mass is 10.1. The third-order valence-corrected chi connectivity index (χ3v) is 4.54. The number of aryl methyl sites for hydroxylation is 1. The van der Waals surface area contributed by atoms with E-state index in [-0.39, 0.29) is 11.9 Å². The largest absolute Gasteiger partial charge is 0.467 e. The van der Waals surface area contributed by atoms with Gasteiger partial charge in [0, 0.05) is 31.9 Å². The Morgan fingerprint density at radius 3 is 2.58 bits per heavy atom. The molecular formula is C19H25N3O2. The predicted molar refractivity (Wildman–Crippen MR) is 95.1 cm³/mol. The quantitative estimate of drug-likeness (QED) is 0.917. The van der Waals surface area contributed by atoms with Crippen LogP contribution in [-0.2, 0) is 4.79 Å². The number of hydrogen-bond acceptors (Lipinski definition) is 4. The Balaban J connectivity index is 1.47. The van der Waals surface area contributed by atoms with Crippen LogP contribution in [0.5, 0.6) is 0 Å². The highest BCUT2D eigenvalue weighted by atomic mass is 16.3. The minimum absolute atomic E-state index is 0.0447. The van der Waals surface area contributed by atoms with Gasteiger partial charge in [0.25, 0.3) is 0 Å². The van der Waals surface area contributed by atoms with E-state index in [1.165, 1.54) is 11.3 Å². The van der Waals surface area contributed by atoms with Crippen LogP contribution in [0.25, 0.3) is 0 Å². The first-order chi connectivity index (χ1) is 11.6. The maximum Gasteiger partial charge on any atom is 0.234 e. The van der Waals surface area contributed by atoms with E-state index in [0.29, 0.717) is 6.54 Å². The minimum Gasteiger partial charge on any atom is -0.467 e. The highest BCUT2D eigenvalue weighted by molar-refractivity contribution is 5.78. The van der Waals surface area contributed by atoms with Crippen molar-refractivity contribution < 1.29 is 9.21 Å². The molecule has 0 unspecified atom stereocenters. The summed E-state index contributed by atoms with van der Waals surface area (Å²) in [6.45, 7) is 8.22. The van der Waals surface area contributed by atoms with Gasteiger partial charge in [-0.05, 0) is 37.6 Å². The number of nitrogens with zero attached hydrogens (tertiary/aromatic N) is 2. The highest BCUT2D eigenvalue weighted by Crippen LogP contribution is 2.20. The number of para-hydroxylation sites is 1. The van der Waals surface area contributed by atoms with Crippen molar-refractivity contribution in [1.82, 2.24) is 10.2 Å². The summed E-state index contributed by atoms with van der Waals surface area (Å²) in [5.41, 5.74) is 2.60. The topological polar surface area (TPSA) is 48.7 Å². The Morgan fingerprint density at radius 1 is 1.17 bits per heavy atom. The molecule has 0 spiro atoms. The molecule has 1 saturated heterocycles. The Hall–Kier alpha value is -2.27. The summed E-state index contributed by atoms with van der Waals surface area (Å²) in [5, 5.41) is 2.99. The van der Waals surface area contributed by atoms with Crippen LogP contribution in [0.2, 0.25) is 0 Å². The van der Waals surface area contributed by atoms with Crippen LogP contribution in [0.3, 0.4) is 0 Å². The number of hydrogen-bond donors (Lipinski definition) is 1. The lowest BCUT2D eigenvalue weighted by molar-refractivity contribution is -0.123. The molecule has 2 heterocycles. The van der Waals surface area contributed by atoms with Crippen molar-refractivity contribution in [3.8, 4) is 0 Å². The first kappa shape index (κ1) is 16.6. The summed E-state index contributed by atoms with van der Waals surface area (Å²) in [5.74, 6) is 0.830. The van der Waals surface area contributed by atoms with Crippen LogP contribution in [0.15, 0.2) is 47.1 Å². The molecule has 5 nitrogen and oxygen atoms in total. The zero-order valence-electron chi connectivity index (χ0n) is 14.4. The van der Waals surface area contributed by atoms with E-state index in [0.717, 1.165) is 31.9 Å². The van der Waals surface area contributed by atoms with Gasteiger partial charge in [-0.15, -0.1) is 0 Å². The molecule has 24 heavy (non-hydrogen) atoms. The molecule has 3 rings (SSSR count). The SMILES string of the molecule is Cc1ccccc1N1CCN(CC(=O)N[C@H](C)c2ccco2)CC1. The van der Waals surface area contributed by atoms with Gasteiger partial charge in [-0.2, -0.15) is 0 Å². The van der Waals surface area contributed by atoms with E-state index >= 15 is 0 Å². The van der Waals surface area contributed by atoms with E-state index in [1.807, 2.05) is 19.1 Å². The number of amides is 1. The fourth-order valence-electron chi connectivity index (χ4n) is 3.16. The van der Waals surface area contributed by atoms with Gasteiger partial charge in [-0.25, -0.2) is 0 Å². The Kier molecular flexibility index (Phi) is 5.20. The van der Waals surface area contributed by atoms with Crippen LogP contribution in [-0.4, -0.2) is 43.5 Å². The molecule has 1 atom stereocenters. The van der Waals surface area contributed by atoms with Crippen LogP contribution >= 0.6 is 0 Å². The second-order valence-electron chi connectivity index (χ2n) is 6.35. The van der Waals surface area contributed by atoms with Gasteiger partial charge in [0.15, 0.2) is 0 Å². The Morgan fingerprint density at radius 2 is 1.92 bits per heavy atom. The molecular weight excluding hydrogens is 302 g/mol. The molecule has 1 amide bonds. The second kappa shape index (κ2) is 7.53. The number of rotatable bonds is 5. The lowest BCUT2D eigenvalue weighted by Crippen LogP contribution is -2.49. The first-order valence-electron chi connectivity index (χ1n) is 8.49. The standard InChI is InChI=1S/C19H25N3O2/c1-15-6-3-4-7-17(15)22-11-9-21(10-12-22)14-19(23)20-16(2)18-8-5-13-24-18/h3-8,13,16H,9-12,14H2,1-2H3,(H,20,23)/t16-/m1/s1. The summed E-state index contributed by atoms with van der Waals surface area (Å²) >= 11 is 0. The molecule has 0 aliphatic carbocycles. The van der Waals surface area contributed by atoms with E-state index < -0.39 is 0 Å². The molecule has 1 N–H and O–H groups in total. The van der Waals surface area contributed by atoms with Crippen LogP contribution in [0, 0.1) is 6.92 Å². The molecule has 128 valence electrons. The zero-order valence-corrected chi connectivity index (χ0v) is 14.4. The molecule has 1 aliphatic heterocycles. The van der Waals surface area contributed by atoms with Gasteiger partial charge in [-0.1, -0.05) is 18.2 Å². The van der Waals surface area contributed by atoms with Crippen LogP contribution < -0.4 is 10.2 Å². The van der Waals surface area contributed by atoms with E-state index in [4.69, 9.17) is 4.42 Å². The normalized spacial score (nSPS) is 16.8. The van der Waals surface area contributed by atoms with Gasteiger partial charge in [-0.3, -0.25) is 9.69 Å². The number of nitrogens with one attached hydrogen (secondary N) is 1. The van der Waals surface area contributed by atoms with E-state index in [9.17, 15) is 4.79 Å². The number of benzene rings is 1. The molecule has 2 aromatic rings. The lowest BCUT2D eigenvalue weighted by Gasteiger charge is -2.36. The van der Waals surface area contributed by atoms with E-state index in [2.05, 4.69) is 46.3 Å². The number of furan rings is 1. The molecule has 0 saturated carbocycles. The van der Waals surface area contributed by atoms with Crippen molar-refractivity contribution in [3.63, 3.8) is 0 Å². The summed E-state index contributed by atoms with van der Waals surface area (Å²) < 4.78 is 5.33. The first-order valence-corrected chi connectivity index (χ1v) is 8.49. The average Bonchev–Trinajstić information content (AvgIpc) is 3.11. The summed E-state index contributed by atoms with van der Waals surface area (Å²) in [4.78, 5) is 16.8. The molecule has 5 heteroatoms. The van der Waals surface area contributed by atoms with Gasteiger partial charge in [0.05, 0.1) is 18.8 Å². The number of carbonyl (C=O) groups excluding carboxylic acids is 1.